The van der Waals surface area contributed by atoms with Crippen LogP contribution in [0, 0.1) is 0 Å². The van der Waals surface area contributed by atoms with E-state index in [1.807, 2.05) is 0 Å². The zero-order valence-electron chi connectivity index (χ0n) is 10.5. The van der Waals surface area contributed by atoms with Crippen molar-refractivity contribution in [2.75, 3.05) is 30.0 Å². The van der Waals surface area contributed by atoms with Gasteiger partial charge in [0, 0.05) is 0 Å². The van der Waals surface area contributed by atoms with Crippen LogP contribution < -0.4 is 0 Å². The summed E-state index contributed by atoms with van der Waals surface area (Å²) in [6, 6.07) is 0. The monoisotopic (exact) mass is 322 g/mol. The molecule has 3 rings (SSSR count). The summed E-state index contributed by atoms with van der Waals surface area (Å²) in [7, 11) is 7.31. The molecule has 15 heavy (non-hydrogen) atoms. The molecule has 2 heteroatoms. The van der Waals surface area contributed by atoms with Gasteiger partial charge in [-0.05, 0) is 0 Å². The average Bonchev–Trinajstić information content (AvgIpc) is 2.55. The Balaban J connectivity index is 1.84. The summed E-state index contributed by atoms with van der Waals surface area (Å²) in [5.41, 5.74) is 0.701. The molecule has 0 radical (unpaired) electrons. The van der Waals surface area contributed by atoms with Gasteiger partial charge in [-0.1, -0.05) is 0 Å². The summed E-state index contributed by atoms with van der Waals surface area (Å²) >= 11 is -0.451. The van der Waals surface area contributed by atoms with E-state index in [2.05, 4.69) is 21.1 Å². The van der Waals surface area contributed by atoms with E-state index < -0.39 is 19.8 Å². The molecule has 3 fully saturated rings. The van der Waals surface area contributed by atoms with E-state index in [0.29, 0.717) is 5.54 Å². The number of fused-ring (bicyclic) bond motifs is 2. The maximum absolute atomic E-state index is 2.44. The number of halogens is 1. The van der Waals surface area contributed by atoms with E-state index in [4.69, 9.17) is 0 Å². The van der Waals surface area contributed by atoms with E-state index in [1.54, 1.807) is 47.4 Å². The van der Waals surface area contributed by atoms with Crippen LogP contribution in [-0.4, -0.2) is 43.4 Å². The van der Waals surface area contributed by atoms with Gasteiger partial charge in [-0.25, -0.2) is 0 Å². The molecular formula is C13H25IN+. The standard InChI is InChI=1S/C13H25IN/c1-15(2,3)13-7-5-12(11-13,6-8-13)14-9-4-10-14/h4-11H2,1-3H3/q+1. The number of hydrogen-bond acceptors (Lipinski definition) is 0. The van der Waals surface area contributed by atoms with Crippen LogP contribution in [0.3, 0.4) is 0 Å². The normalized spacial score (nSPS) is 47.0. The predicted octanol–water partition coefficient (Wildman–Crippen LogP) is 3.06. The Hall–Kier alpha value is 0.690. The van der Waals surface area contributed by atoms with E-state index in [-0.39, 0.29) is 0 Å². The molecule has 1 saturated heterocycles. The second-order valence-corrected chi connectivity index (χ2v) is 13.8. The van der Waals surface area contributed by atoms with Crippen LogP contribution in [0.4, 0.5) is 0 Å². The van der Waals surface area contributed by atoms with Gasteiger partial charge in [-0.15, -0.1) is 0 Å². The molecule has 0 aromatic heterocycles. The molecule has 0 aromatic carbocycles. The summed E-state index contributed by atoms with van der Waals surface area (Å²) in [5, 5.41) is 0. The van der Waals surface area contributed by atoms with Gasteiger partial charge < -0.3 is 0 Å². The number of quaternary nitrogens is 1. The number of rotatable bonds is 2. The average molecular weight is 322 g/mol. The van der Waals surface area contributed by atoms with Crippen LogP contribution in [0.2, 0.25) is 0 Å². The third-order valence-electron chi connectivity index (χ3n) is 5.44. The van der Waals surface area contributed by atoms with Crippen molar-refractivity contribution in [3.63, 3.8) is 0 Å². The summed E-state index contributed by atoms with van der Waals surface area (Å²) < 4.78 is 5.61. The maximum atomic E-state index is 2.44. The molecule has 0 N–H and O–H groups in total. The van der Waals surface area contributed by atoms with Crippen molar-refractivity contribution < 1.29 is 4.48 Å². The number of hydrogen-bond donors (Lipinski definition) is 0. The molecule has 1 heterocycles. The van der Waals surface area contributed by atoms with Gasteiger partial charge in [0.25, 0.3) is 0 Å². The zero-order chi connectivity index (χ0) is 10.7. The van der Waals surface area contributed by atoms with Gasteiger partial charge in [-0.3, -0.25) is 0 Å². The molecule has 0 atom stereocenters. The van der Waals surface area contributed by atoms with Gasteiger partial charge >= 0.3 is 102 Å². The van der Waals surface area contributed by atoms with Crippen LogP contribution in [0.5, 0.6) is 0 Å². The van der Waals surface area contributed by atoms with Crippen molar-refractivity contribution in [1.82, 2.24) is 0 Å². The Morgan fingerprint density at radius 2 is 1.53 bits per heavy atom. The molecular weight excluding hydrogens is 297 g/mol. The first kappa shape index (κ1) is 10.8. The molecule has 2 bridgehead atoms. The van der Waals surface area contributed by atoms with Crippen molar-refractivity contribution in [3.8, 4) is 0 Å². The molecule has 1 nitrogen and oxygen atoms in total. The molecule has 0 spiro atoms. The first-order chi connectivity index (χ1) is 6.98. The fourth-order valence-electron chi connectivity index (χ4n) is 4.04. The third kappa shape index (κ3) is 1.36. The van der Waals surface area contributed by atoms with E-state index in [1.165, 1.54) is 4.48 Å². The van der Waals surface area contributed by atoms with E-state index in [0.717, 1.165) is 3.42 Å². The Morgan fingerprint density at radius 3 is 1.87 bits per heavy atom. The fraction of sp³-hybridized carbons (Fsp3) is 1.00. The first-order valence-corrected chi connectivity index (χ1v) is 10.5. The molecule has 2 saturated carbocycles. The van der Waals surface area contributed by atoms with Gasteiger partial charge in [0.15, 0.2) is 0 Å². The predicted molar refractivity (Wildman–Crippen MR) is 75.0 cm³/mol. The molecule has 0 unspecified atom stereocenters. The van der Waals surface area contributed by atoms with Crippen molar-refractivity contribution in [2.24, 2.45) is 0 Å². The van der Waals surface area contributed by atoms with Crippen LogP contribution in [0.1, 0.15) is 38.5 Å². The van der Waals surface area contributed by atoms with E-state index in [9.17, 15) is 0 Å². The zero-order valence-corrected chi connectivity index (χ0v) is 12.6. The second-order valence-electron chi connectivity index (χ2n) is 6.75. The van der Waals surface area contributed by atoms with Crippen LogP contribution in [0.15, 0.2) is 0 Å². The first-order valence-electron chi connectivity index (χ1n) is 6.41. The SMILES string of the molecule is C[N+](C)(C)C12CCC(I3CCC3)(CC1)C2. The number of nitrogens with zero attached hydrogens (tertiary/aromatic N) is 1. The third-order valence-corrected chi connectivity index (χ3v) is 14.3. The Labute approximate surface area is 102 Å². The molecule has 3 aliphatic rings. The van der Waals surface area contributed by atoms with Crippen LogP contribution in [0.25, 0.3) is 0 Å². The van der Waals surface area contributed by atoms with E-state index >= 15 is 0 Å². The second kappa shape index (κ2) is 3.12. The van der Waals surface area contributed by atoms with Crippen LogP contribution in [-0.2, 0) is 0 Å². The minimum absolute atomic E-state index is 0.451. The molecule has 1 aliphatic heterocycles. The molecule has 88 valence electrons. The summed E-state index contributed by atoms with van der Waals surface area (Å²) in [6.45, 7) is 0. The van der Waals surface area contributed by atoms with Crippen LogP contribution >= 0.6 is 19.8 Å². The Morgan fingerprint density at radius 1 is 0.933 bits per heavy atom. The van der Waals surface area contributed by atoms with Gasteiger partial charge in [0.2, 0.25) is 0 Å². The molecule has 0 amide bonds. The van der Waals surface area contributed by atoms with Gasteiger partial charge in [-0.2, -0.15) is 0 Å². The molecule has 2 aliphatic carbocycles. The minimum atomic E-state index is -0.451. The van der Waals surface area contributed by atoms with Gasteiger partial charge in [0.05, 0.1) is 0 Å². The fourth-order valence-corrected chi connectivity index (χ4v) is 11.2. The summed E-state index contributed by atoms with van der Waals surface area (Å²) in [4.78, 5) is 0. The topological polar surface area (TPSA) is 0 Å². The summed E-state index contributed by atoms with van der Waals surface area (Å²) in [5.74, 6) is 0. The Kier molecular flexibility index (Phi) is 2.25. The van der Waals surface area contributed by atoms with Crippen molar-refractivity contribution in [2.45, 2.75) is 47.5 Å². The van der Waals surface area contributed by atoms with Crippen molar-refractivity contribution in [3.05, 3.63) is 0 Å². The number of alkyl halides is 3. The van der Waals surface area contributed by atoms with Gasteiger partial charge in [0.1, 0.15) is 0 Å². The van der Waals surface area contributed by atoms with Crippen molar-refractivity contribution in [1.29, 1.82) is 0 Å². The quantitative estimate of drug-likeness (QED) is 0.416. The van der Waals surface area contributed by atoms with Crippen molar-refractivity contribution >= 4 is 19.8 Å². The Bertz CT molecular complexity index is 267. The summed E-state index contributed by atoms with van der Waals surface area (Å²) in [6.07, 6.45) is 9.54. The molecule has 0 aromatic rings.